The zero-order valence-corrected chi connectivity index (χ0v) is 9.49. The SMILES string of the molecule is CC1=CCC2(C(C)C)CC1P2C. The van der Waals surface area contributed by atoms with Crippen molar-refractivity contribution in [3.63, 3.8) is 0 Å². The highest BCUT2D eigenvalue weighted by Crippen LogP contribution is 2.73. The van der Waals surface area contributed by atoms with Crippen LogP contribution < -0.4 is 0 Å². The van der Waals surface area contributed by atoms with Crippen molar-refractivity contribution < 1.29 is 0 Å². The van der Waals surface area contributed by atoms with Gasteiger partial charge in [0.2, 0.25) is 0 Å². The molecule has 0 aromatic heterocycles. The molecule has 0 nitrogen and oxygen atoms in total. The third kappa shape index (κ3) is 0.880. The van der Waals surface area contributed by atoms with Gasteiger partial charge in [0.25, 0.3) is 0 Å². The van der Waals surface area contributed by atoms with Crippen LogP contribution in [-0.2, 0) is 0 Å². The molecule has 0 amide bonds. The highest BCUT2D eigenvalue weighted by Gasteiger charge is 2.54. The molecule has 1 saturated heterocycles. The van der Waals surface area contributed by atoms with Crippen molar-refractivity contribution in [1.82, 2.24) is 0 Å². The monoisotopic (exact) mass is 182 g/mol. The van der Waals surface area contributed by atoms with Gasteiger partial charge in [0.05, 0.1) is 0 Å². The van der Waals surface area contributed by atoms with Gasteiger partial charge in [-0.05, 0) is 37.5 Å². The molecule has 3 aliphatic rings. The van der Waals surface area contributed by atoms with Gasteiger partial charge in [-0.2, -0.15) is 0 Å². The molecule has 0 saturated carbocycles. The van der Waals surface area contributed by atoms with E-state index in [1.54, 1.807) is 5.57 Å². The Morgan fingerprint density at radius 3 is 2.67 bits per heavy atom. The van der Waals surface area contributed by atoms with E-state index in [4.69, 9.17) is 0 Å². The molecule has 12 heavy (non-hydrogen) atoms. The molecule has 3 atom stereocenters. The lowest BCUT2D eigenvalue weighted by Crippen LogP contribution is -2.50. The standard InChI is InChI=1S/C11H19P/c1-8(2)11-6-5-9(3)10(7-11)12(11)4/h5,8,10H,6-7H2,1-4H3. The molecule has 1 aliphatic carbocycles. The lowest BCUT2D eigenvalue weighted by Gasteiger charge is -2.60. The summed E-state index contributed by atoms with van der Waals surface area (Å²) in [6.45, 7) is 9.65. The lowest BCUT2D eigenvalue weighted by atomic mass is 9.80. The minimum absolute atomic E-state index is 0.313. The van der Waals surface area contributed by atoms with Crippen LogP contribution in [0, 0.1) is 5.92 Å². The topological polar surface area (TPSA) is 0 Å². The first-order valence-corrected chi connectivity index (χ1v) is 6.83. The number of rotatable bonds is 1. The van der Waals surface area contributed by atoms with Gasteiger partial charge < -0.3 is 0 Å². The second kappa shape index (κ2) is 2.58. The Morgan fingerprint density at radius 2 is 2.25 bits per heavy atom. The van der Waals surface area contributed by atoms with E-state index in [0.717, 1.165) is 16.7 Å². The average molecular weight is 182 g/mol. The van der Waals surface area contributed by atoms with Crippen LogP contribution in [0.4, 0.5) is 0 Å². The molecule has 0 spiro atoms. The molecular weight excluding hydrogens is 163 g/mol. The van der Waals surface area contributed by atoms with Gasteiger partial charge in [0, 0.05) is 5.66 Å². The Kier molecular flexibility index (Phi) is 1.88. The zero-order chi connectivity index (χ0) is 8.93. The van der Waals surface area contributed by atoms with E-state index < -0.39 is 0 Å². The summed E-state index contributed by atoms with van der Waals surface area (Å²) < 4.78 is 0. The second-order valence-electron chi connectivity index (χ2n) is 4.74. The van der Waals surface area contributed by atoms with Crippen LogP contribution in [0.15, 0.2) is 11.6 Å². The highest BCUT2D eigenvalue weighted by molar-refractivity contribution is 7.61. The quantitative estimate of drug-likeness (QED) is 0.429. The highest BCUT2D eigenvalue weighted by atomic mass is 31.1. The number of fused-ring (bicyclic) bond motifs is 1. The zero-order valence-electron chi connectivity index (χ0n) is 8.59. The molecule has 2 bridgehead atoms. The third-order valence-corrected chi connectivity index (χ3v) is 7.91. The molecule has 68 valence electrons. The molecule has 0 radical (unpaired) electrons. The van der Waals surface area contributed by atoms with Crippen molar-refractivity contribution in [2.45, 2.75) is 44.4 Å². The number of hydrogen-bond donors (Lipinski definition) is 0. The Labute approximate surface area is 77.2 Å². The minimum Gasteiger partial charge on any atom is -0.0956 e. The van der Waals surface area contributed by atoms with Crippen LogP contribution in [-0.4, -0.2) is 17.5 Å². The summed E-state index contributed by atoms with van der Waals surface area (Å²) in [4.78, 5) is 0. The summed E-state index contributed by atoms with van der Waals surface area (Å²) in [7, 11) is 0.313. The van der Waals surface area contributed by atoms with Crippen molar-refractivity contribution in [3.05, 3.63) is 11.6 Å². The molecule has 0 aromatic rings. The van der Waals surface area contributed by atoms with Gasteiger partial charge in [-0.1, -0.05) is 33.4 Å². The van der Waals surface area contributed by atoms with E-state index in [9.17, 15) is 0 Å². The number of hydrogen-bond acceptors (Lipinski definition) is 0. The van der Waals surface area contributed by atoms with Gasteiger partial charge in [-0.25, -0.2) is 0 Å². The Balaban J connectivity index is 2.26. The van der Waals surface area contributed by atoms with E-state index in [0.29, 0.717) is 7.92 Å². The van der Waals surface area contributed by atoms with Crippen molar-refractivity contribution in [3.8, 4) is 0 Å². The maximum Gasteiger partial charge on any atom is 0.000939 e. The van der Waals surface area contributed by atoms with Crippen LogP contribution >= 0.6 is 7.92 Å². The molecular formula is C11H19P. The fourth-order valence-corrected chi connectivity index (χ4v) is 6.14. The van der Waals surface area contributed by atoms with Gasteiger partial charge >= 0.3 is 0 Å². The fourth-order valence-electron chi connectivity index (χ4n) is 2.86. The third-order valence-electron chi connectivity index (χ3n) is 4.09. The van der Waals surface area contributed by atoms with Crippen LogP contribution in [0.25, 0.3) is 0 Å². The fraction of sp³-hybridized carbons (Fsp3) is 0.818. The first-order valence-electron chi connectivity index (χ1n) is 4.97. The molecule has 2 heterocycles. The molecule has 3 rings (SSSR count). The van der Waals surface area contributed by atoms with Gasteiger partial charge in [-0.15, -0.1) is 0 Å². The average Bonchev–Trinajstić information content (AvgIpc) is 2.02. The van der Waals surface area contributed by atoms with Gasteiger partial charge in [0.15, 0.2) is 0 Å². The molecule has 3 unspecified atom stereocenters. The summed E-state index contributed by atoms with van der Waals surface area (Å²) in [5, 5.41) is 0.750. The maximum atomic E-state index is 2.51. The molecule has 1 heteroatoms. The van der Waals surface area contributed by atoms with E-state index in [1.807, 2.05) is 0 Å². The molecule has 0 N–H and O–H groups in total. The molecule has 2 aliphatic heterocycles. The molecule has 1 fully saturated rings. The van der Waals surface area contributed by atoms with E-state index >= 15 is 0 Å². The van der Waals surface area contributed by atoms with Crippen LogP contribution in [0.3, 0.4) is 0 Å². The van der Waals surface area contributed by atoms with E-state index in [1.165, 1.54) is 12.8 Å². The summed E-state index contributed by atoms with van der Waals surface area (Å²) in [6, 6.07) is 0. The first-order chi connectivity index (χ1) is 5.58. The predicted octanol–water partition coefficient (Wildman–Crippen LogP) is 3.62. The number of allylic oxidation sites excluding steroid dienone is 2. The summed E-state index contributed by atoms with van der Waals surface area (Å²) in [5.74, 6) is 0.897. The second-order valence-corrected chi connectivity index (χ2v) is 7.48. The summed E-state index contributed by atoms with van der Waals surface area (Å²) in [5.41, 5.74) is 2.68. The largest absolute Gasteiger partial charge is 0.0956 e. The van der Waals surface area contributed by atoms with Gasteiger partial charge in [-0.3, -0.25) is 0 Å². The Bertz CT molecular complexity index is 229. The van der Waals surface area contributed by atoms with Crippen molar-refractivity contribution >= 4 is 7.92 Å². The summed E-state index contributed by atoms with van der Waals surface area (Å²) >= 11 is 0. The van der Waals surface area contributed by atoms with Crippen molar-refractivity contribution in [1.29, 1.82) is 0 Å². The van der Waals surface area contributed by atoms with E-state index in [2.05, 4.69) is 33.5 Å². The normalized spacial score (nSPS) is 45.6. The van der Waals surface area contributed by atoms with Crippen molar-refractivity contribution in [2.24, 2.45) is 5.92 Å². The Morgan fingerprint density at radius 1 is 1.58 bits per heavy atom. The van der Waals surface area contributed by atoms with Gasteiger partial charge in [0.1, 0.15) is 0 Å². The minimum atomic E-state index is 0.313. The lowest BCUT2D eigenvalue weighted by molar-refractivity contribution is 0.352. The summed E-state index contributed by atoms with van der Waals surface area (Å²) in [6.07, 6.45) is 5.36. The van der Waals surface area contributed by atoms with Crippen molar-refractivity contribution in [2.75, 3.05) is 6.66 Å². The Hall–Kier alpha value is 0.170. The van der Waals surface area contributed by atoms with Crippen LogP contribution in [0.5, 0.6) is 0 Å². The van der Waals surface area contributed by atoms with Crippen LogP contribution in [0.1, 0.15) is 33.6 Å². The maximum absolute atomic E-state index is 2.51. The molecule has 0 aromatic carbocycles. The predicted molar refractivity (Wildman–Crippen MR) is 57.2 cm³/mol. The van der Waals surface area contributed by atoms with E-state index in [-0.39, 0.29) is 0 Å². The first kappa shape index (κ1) is 8.75. The smallest absolute Gasteiger partial charge is 0.000939 e. The van der Waals surface area contributed by atoms with Crippen LogP contribution in [0.2, 0.25) is 0 Å².